The fraction of sp³-hybridized carbons (Fsp3) is 0.700. The summed E-state index contributed by atoms with van der Waals surface area (Å²) in [6.07, 6.45) is 1.60. The minimum Gasteiger partial charge on any atom is -0.460 e. The van der Waals surface area contributed by atoms with Gasteiger partial charge in [-0.15, -0.1) is 12.4 Å². The molecule has 0 aromatic rings. The van der Waals surface area contributed by atoms with Crippen molar-refractivity contribution in [2.24, 2.45) is 5.73 Å². The summed E-state index contributed by atoms with van der Waals surface area (Å²) >= 11 is 0. The van der Waals surface area contributed by atoms with Crippen LogP contribution in [0.4, 0.5) is 0 Å². The average Bonchev–Trinajstić information content (AvgIpc) is 2.13. The second-order valence-corrected chi connectivity index (χ2v) is 3.43. The summed E-state index contributed by atoms with van der Waals surface area (Å²) in [5, 5.41) is 0. The Morgan fingerprint density at radius 1 is 1.43 bits per heavy atom. The summed E-state index contributed by atoms with van der Waals surface area (Å²) in [4.78, 5) is 11.0. The Balaban J connectivity index is 0. The predicted octanol–water partition coefficient (Wildman–Crippen LogP) is 2.05. The van der Waals surface area contributed by atoms with Gasteiger partial charge in [0.1, 0.15) is 6.61 Å². The van der Waals surface area contributed by atoms with Gasteiger partial charge in [-0.25, -0.2) is 4.79 Å². The van der Waals surface area contributed by atoms with Gasteiger partial charge in [-0.1, -0.05) is 20.4 Å². The fourth-order valence-corrected chi connectivity index (χ4v) is 0.787. The molecule has 14 heavy (non-hydrogen) atoms. The van der Waals surface area contributed by atoms with Crippen LogP contribution in [-0.2, 0) is 9.53 Å². The van der Waals surface area contributed by atoms with Gasteiger partial charge in [0.2, 0.25) is 0 Å². The van der Waals surface area contributed by atoms with Crippen LogP contribution in [0, 0.1) is 0 Å². The fourth-order valence-electron chi connectivity index (χ4n) is 0.787. The molecule has 0 radical (unpaired) electrons. The molecule has 4 heteroatoms. The van der Waals surface area contributed by atoms with Crippen LogP contribution in [0.2, 0.25) is 0 Å². The maximum absolute atomic E-state index is 11.0. The van der Waals surface area contributed by atoms with E-state index in [2.05, 4.69) is 6.58 Å². The second kappa shape index (κ2) is 6.85. The first-order chi connectivity index (χ1) is 5.95. The van der Waals surface area contributed by atoms with E-state index < -0.39 is 0 Å². The minimum absolute atomic E-state index is 0. The Labute approximate surface area is 92.1 Å². The highest BCUT2D eigenvalue weighted by Crippen LogP contribution is 2.12. The van der Waals surface area contributed by atoms with E-state index in [0.29, 0.717) is 5.57 Å². The first-order valence-corrected chi connectivity index (χ1v) is 4.56. The lowest BCUT2D eigenvalue weighted by atomic mass is 9.96. The lowest BCUT2D eigenvalue weighted by Gasteiger charge is -2.25. The normalized spacial score (nSPS) is 10.3. The van der Waals surface area contributed by atoms with Gasteiger partial charge < -0.3 is 10.5 Å². The molecule has 0 spiro atoms. The third kappa shape index (κ3) is 5.25. The number of carbonyl (C=O) groups is 1. The molecule has 0 saturated carbocycles. The number of hydrogen-bond acceptors (Lipinski definition) is 3. The van der Waals surface area contributed by atoms with Gasteiger partial charge in [-0.3, -0.25) is 0 Å². The Morgan fingerprint density at radius 2 is 1.86 bits per heavy atom. The van der Waals surface area contributed by atoms with Crippen LogP contribution >= 0.6 is 12.4 Å². The Kier molecular flexibility index (Phi) is 7.78. The summed E-state index contributed by atoms with van der Waals surface area (Å²) in [6.45, 7) is 9.35. The lowest BCUT2D eigenvalue weighted by Crippen LogP contribution is -2.43. The van der Waals surface area contributed by atoms with E-state index >= 15 is 0 Å². The molecule has 0 aliphatic carbocycles. The van der Waals surface area contributed by atoms with Crippen LogP contribution in [0.5, 0.6) is 0 Å². The predicted molar refractivity (Wildman–Crippen MR) is 60.5 cm³/mol. The van der Waals surface area contributed by atoms with Crippen LogP contribution in [0.1, 0.15) is 33.6 Å². The molecule has 0 aromatic carbocycles. The first-order valence-electron chi connectivity index (χ1n) is 4.56. The van der Waals surface area contributed by atoms with E-state index in [-0.39, 0.29) is 30.5 Å². The molecule has 0 bridgehead atoms. The molecule has 3 nitrogen and oxygen atoms in total. The van der Waals surface area contributed by atoms with Gasteiger partial charge in [0.25, 0.3) is 0 Å². The van der Waals surface area contributed by atoms with Crippen LogP contribution in [-0.4, -0.2) is 18.1 Å². The van der Waals surface area contributed by atoms with Crippen molar-refractivity contribution in [1.82, 2.24) is 0 Å². The van der Waals surface area contributed by atoms with Crippen molar-refractivity contribution in [3.05, 3.63) is 12.2 Å². The van der Waals surface area contributed by atoms with E-state index in [1.807, 2.05) is 13.8 Å². The van der Waals surface area contributed by atoms with Gasteiger partial charge >= 0.3 is 5.97 Å². The molecular formula is C10H20ClNO2. The Bertz CT molecular complexity index is 200. The average molecular weight is 222 g/mol. The maximum Gasteiger partial charge on any atom is 0.333 e. The molecule has 0 saturated heterocycles. The van der Waals surface area contributed by atoms with E-state index in [1.165, 1.54) is 0 Å². The van der Waals surface area contributed by atoms with Crippen LogP contribution in [0.15, 0.2) is 12.2 Å². The zero-order valence-corrected chi connectivity index (χ0v) is 9.95. The summed E-state index contributed by atoms with van der Waals surface area (Å²) in [7, 11) is 0. The zero-order chi connectivity index (χ0) is 10.5. The number of carbonyl (C=O) groups excluding carboxylic acids is 1. The molecular weight excluding hydrogens is 202 g/mol. The monoisotopic (exact) mass is 221 g/mol. The Morgan fingerprint density at radius 3 is 2.14 bits per heavy atom. The van der Waals surface area contributed by atoms with Crippen molar-refractivity contribution in [3.8, 4) is 0 Å². The van der Waals surface area contributed by atoms with Crippen LogP contribution in [0.3, 0.4) is 0 Å². The Hall–Kier alpha value is -0.540. The van der Waals surface area contributed by atoms with Gasteiger partial charge in [0, 0.05) is 11.1 Å². The number of esters is 1. The lowest BCUT2D eigenvalue weighted by molar-refractivity contribution is -0.140. The molecule has 0 amide bonds. The highest BCUT2D eigenvalue weighted by Gasteiger charge is 2.22. The topological polar surface area (TPSA) is 52.3 Å². The largest absolute Gasteiger partial charge is 0.460 e. The van der Waals surface area contributed by atoms with Gasteiger partial charge in [0.15, 0.2) is 0 Å². The maximum atomic E-state index is 11.0. The summed E-state index contributed by atoms with van der Waals surface area (Å²) in [5.74, 6) is -0.364. The number of nitrogens with two attached hydrogens (primary N) is 1. The molecule has 0 atom stereocenters. The standard InChI is InChI=1S/C10H19NO2.ClH/c1-5-10(11,6-2)7-13-9(12)8(3)4;/h3,5-7,11H2,1-2,4H3;1H. The number of hydrogen-bond donors (Lipinski definition) is 1. The molecule has 0 aromatic heterocycles. The smallest absolute Gasteiger partial charge is 0.333 e. The third-order valence-corrected chi connectivity index (χ3v) is 2.25. The highest BCUT2D eigenvalue weighted by atomic mass is 35.5. The third-order valence-electron chi connectivity index (χ3n) is 2.25. The van der Waals surface area contributed by atoms with Crippen molar-refractivity contribution < 1.29 is 9.53 Å². The summed E-state index contributed by atoms with van der Waals surface area (Å²) in [6, 6.07) is 0. The van der Waals surface area contributed by atoms with Crippen LogP contribution < -0.4 is 5.73 Å². The zero-order valence-electron chi connectivity index (χ0n) is 9.13. The number of ether oxygens (including phenoxy) is 1. The minimum atomic E-state index is -0.384. The quantitative estimate of drug-likeness (QED) is 0.571. The highest BCUT2D eigenvalue weighted by molar-refractivity contribution is 5.86. The molecule has 0 aliphatic rings. The summed E-state index contributed by atoms with van der Waals surface area (Å²) < 4.78 is 4.99. The second-order valence-electron chi connectivity index (χ2n) is 3.43. The van der Waals surface area contributed by atoms with Gasteiger partial charge in [-0.05, 0) is 19.8 Å². The van der Waals surface area contributed by atoms with Crippen molar-refractivity contribution >= 4 is 18.4 Å². The first kappa shape index (κ1) is 15.9. The van der Waals surface area contributed by atoms with Crippen LogP contribution in [0.25, 0.3) is 0 Å². The molecule has 0 aliphatic heterocycles. The van der Waals surface area contributed by atoms with Crippen molar-refractivity contribution in [2.45, 2.75) is 39.2 Å². The van der Waals surface area contributed by atoms with Crippen molar-refractivity contribution in [2.75, 3.05) is 6.61 Å². The van der Waals surface area contributed by atoms with Gasteiger partial charge in [-0.2, -0.15) is 0 Å². The van der Waals surface area contributed by atoms with E-state index in [0.717, 1.165) is 12.8 Å². The SMILES string of the molecule is C=C(C)C(=O)OCC(N)(CC)CC.Cl. The molecule has 0 fully saturated rings. The van der Waals surface area contributed by atoms with Gasteiger partial charge in [0.05, 0.1) is 0 Å². The van der Waals surface area contributed by atoms with E-state index in [9.17, 15) is 4.79 Å². The van der Waals surface area contributed by atoms with E-state index in [1.54, 1.807) is 6.92 Å². The molecule has 0 rings (SSSR count). The number of halogens is 1. The molecule has 84 valence electrons. The number of rotatable bonds is 5. The van der Waals surface area contributed by atoms with E-state index in [4.69, 9.17) is 10.5 Å². The molecule has 2 N–H and O–H groups in total. The van der Waals surface area contributed by atoms with Crippen molar-refractivity contribution in [3.63, 3.8) is 0 Å². The molecule has 0 unspecified atom stereocenters. The van der Waals surface area contributed by atoms with Crippen molar-refractivity contribution in [1.29, 1.82) is 0 Å². The molecule has 0 heterocycles. The summed E-state index contributed by atoms with van der Waals surface area (Å²) in [5.41, 5.74) is 5.97.